The highest BCUT2D eigenvalue weighted by Crippen LogP contribution is 2.23. The summed E-state index contributed by atoms with van der Waals surface area (Å²) in [6, 6.07) is 21.1. The van der Waals surface area contributed by atoms with Gasteiger partial charge in [-0.15, -0.1) is 0 Å². The van der Waals surface area contributed by atoms with Gasteiger partial charge in [0.05, 0.1) is 11.6 Å². The minimum atomic E-state index is -0.254. The zero-order valence-electron chi connectivity index (χ0n) is 16.1. The zero-order valence-corrected chi connectivity index (χ0v) is 16.1. The van der Waals surface area contributed by atoms with Gasteiger partial charge < -0.3 is 14.6 Å². The molecule has 146 valence electrons. The van der Waals surface area contributed by atoms with E-state index in [0.29, 0.717) is 40.1 Å². The topological polar surface area (TPSA) is 92.8 Å². The summed E-state index contributed by atoms with van der Waals surface area (Å²) >= 11 is 0. The molecule has 4 aromatic rings. The Bertz CT molecular complexity index is 1210. The van der Waals surface area contributed by atoms with Crippen molar-refractivity contribution in [3.8, 4) is 23.5 Å². The van der Waals surface area contributed by atoms with E-state index in [9.17, 15) is 4.79 Å². The maximum atomic E-state index is 12.3. The number of carbonyl (C=O) groups excluding carboxylic acids is 1. The Labute approximate surface area is 173 Å². The molecule has 7 nitrogen and oxygen atoms in total. The molecule has 0 atom stereocenters. The smallest absolute Gasteiger partial charge is 0.255 e. The van der Waals surface area contributed by atoms with Crippen molar-refractivity contribution in [2.75, 3.05) is 5.32 Å². The highest BCUT2D eigenvalue weighted by Gasteiger charge is 2.08. The number of nitrogens with one attached hydrogen (secondary N) is 1. The van der Waals surface area contributed by atoms with E-state index in [1.807, 2.05) is 42.1 Å². The molecule has 0 fully saturated rings. The molecule has 0 saturated carbocycles. The average molecular weight is 395 g/mol. The van der Waals surface area contributed by atoms with Crippen LogP contribution >= 0.6 is 0 Å². The number of hydrogen-bond donors (Lipinski definition) is 1. The van der Waals surface area contributed by atoms with Crippen LogP contribution < -0.4 is 10.1 Å². The Hall–Kier alpha value is -4.44. The molecule has 0 bridgehead atoms. The molecule has 1 N–H and O–H groups in total. The summed E-state index contributed by atoms with van der Waals surface area (Å²) in [5.41, 5.74) is 1.61. The van der Waals surface area contributed by atoms with Crippen molar-refractivity contribution in [2.45, 2.75) is 6.92 Å². The van der Waals surface area contributed by atoms with Crippen molar-refractivity contribution in [1.29, 1.82) is 5.26 Å². The molecule has 0 saturated heterocycles. The van der Waals surface area contributed by atoms with E-state index in [1.165, 1.54) is 0 Å². The number of ether oxygens (including phenoxy) is 1. The SMILES string of the molecule is Cc1nc(Oc2ccc(NC(=O)c3ccc(C#N)cc3)cc2)cc(-n2cccc2)n1. The lowest BCUT2D eigenvalue weighted by Crippen LogP contribution is -2.11. The fourth-order valence-electron chi connectivity index (χ4n) is 2.82. The molecule has 0 aliphatic carbocycles. The molecule has 2 aromatic carbocycles. The Morgan fingerprint density at radius 3 is 2.40 bits per heavy atom. The third-order valence-electron chi connectivity index (χ3n) is 4.28. The van der Waals surface area contributed by atoms with Crippen LogP contribution in [0.1, 0.15) is 21.7 Å². The van der Waals surface area contributed by atoms with Crippen LogP contribution in [0.15, 0.2) is 79.1 Å². The van der Waals surface area contributed by atoms with E-state index in [4.69, 9.17) is 10.00 Å². The summed E-state index contributed by atoms with van der Waals surface area (Å²) < 4.78 is 7.74. The minimum absolute atomic E-state index is 0.254. The summed E-state index contributed by atoms with van der Waals surface area (Å²) in [6.07, 6.45) is 3.80. The van der Waals surface area contributed by atoms with E-state index in [0.717, 1.165) is 0 Å². The first-order valence-electron chi connectivity index (χ1n) is 9.19. The van der Waals surface area contributed by atoms with Gasteiger partial charge in [0.1, 0.15) is 17.4 Å². The van der Waals surface area contributed by atoms with E-state index in [-0.39, 0.29) is 5.91 Å². The predicted molar refractivity (Wildman–Crippen MR) is 112 cm³/mol. The number of benzene rings is 2. The Morgan fingerprint density at radius 2 is 1.73 bits per heavy atom. The van der Waals surface area contributed by atoms with E-state index in [2.05, 4.69) is 15.3 Å². The van der Waals surface area contributed by atoms with E-state index >= 15 is 0 Å². The molecular weight excluding hydrogens is 378 g/mol. The van der Waals surface area contributed by atoms with Crippen LogP contribution in [0.5, 0.6) is 11.6 Å². The van der Waals surface area contributed by atoms with Crippen LogP contribution in [0.2, 0.25) is 0 Å². The molecule has 0 radical (unpaired) electrons. The lowest BCUT2D eigenvalue weighted by molar-refractivity contribution is 0.102. The van der Waals surface area contributed by atoms with Crippen LogP contribution in [-0.4, -0.2) is 20.4 Å². The molecule has 4 rings (SSSR count). The molecule has 0 unspecified atom stereocenters. The van der Waals surface area contributed by atoms with Crippen LogP contribution in [0.4, 0.5) is 5.69 Å². The molecule has 0 aliphatic rings. The van der Waals surface area contributed by atoms with Gasteiger partial charge in [0.2, 0.25) is 5.88 Å². The molecule has 30 heavy (non-hydrogen) atoms. The van der Waals surface area contributed by atoms with Crippen molar-refractivity contribution in [1.82, 2.24) is 14.5 Å². The van der Waals surface area contributed by atoms with Crippen LogP contribution in [0.25, 0.3) is 5.82 Å². The summed E-state index contributed by atoms with van der Waals surface area (Å²) in [7, 11) is 0. The van der Waals surface area contributed by atoms with E-state index < -0.39 is 0 Å². The van der Waals surface area contributed by atoms with Crippen molar-refractivity contribution in [3.63, 3.8) is 0 Å². The first-order chi connectivity index (χ1) is 14.6. The summed E-state index contributed by atoms with van der Waals surface area (Å²) in [6.45, 7) is 1.81. The van der Waals surface area contributed by atoms with Gasteiger partial charge in [0, 0.05) is 29.7 Å². The van der Waals surface area contributed by atoms with Crippen LogP contribution in [0, 0.1) is 18.3 Å². The lowest BCUT2D eigenvalue weighted by atomic mass is 10.1. The lowest BCUT2D eigenvalue weighted by Gasteiger charge is -2.10. The number of nitrogens with zero attached hydrogens (tertiary/aromatic N) is 4. The van der Waals surface area contributed by atoms with Gasteiger partial charge in [-0.25, -0.2) is 4.98 Å². The molecule has 7 heteroatoms. The van der Waals surface area contributed by atoms with Gasteiger partial charge in [-0.2, -0.15) is 10.2 Å². The van der Waals surface area contributed by atoms with Crippen molar-refractivity contribution in [3.05, 3.63) is 96.1 Å². The highest BCUT2D eigenvalue weighted by molar-refractivity contribution is 6.04. The van der Waals surface area contributed by atoms with E-state index in [1.54, 1.807) is 54.6 Å². The van der Waals surface area contributed by atoms with Crippen molar-refractivity contribution < 1.29 is 9.53 Å². The van der Waals surface area contributed by atoms with Gasteiger partial charge in [-0.1, -0.05) is 0 Å². The van der Waals surface area contributed by atoms with Gasteiger partial charge in [0.25, 0.3) is 5.91 Å². The number of anilines is 1. The van der Waals surface area contributed by atoms with Crippen LogP contribution in [0.3, 0.4) is 0 Å². The Balaban J connectivity index is 1.45. The largest absolute Gasteiger partial charge is 0.439 e. The number of amides is 1. The highest BCUT2D eigenvalue weighted by atomic mass is 16.5. The average Bonchev–Trinajstić information content (AvgIpc) is 3.30. The second-order valence-electron chi connectivity index (χ2n) is 6.47. The third-order valence-corrected chi connectivity index (χ3v) is 4.28. The Kier molecular flexibility index (Phi) is 5.22. The zero-order chi connectivity index (χ0) is 20.9. The van der Waals surface area contributed by atoms with Gasteiger partial charge >= 0.3 is 0 Å². The van der Waals surface area contributed by atoms with Crippen molar-refractivity contribution >= 4 is 11.6 Å². The monoisotopic (exact) mass is 395 g/mol. The molecule has 2 heterocycles. The first kappa shape index (κ1) is 18.9. The second-order valence-corrected chi connectivity index (χ2v) is 6.47. The summed E-state index contributed by atoms with van der Waals surface area (Å²) in [4.78, 5) is 21.1. The number of aromatic nitrogens is 3. The van der Waals surface area contributed by atoms with Crippen molar-refractivity contribution in [2.24, 2.45) is 0 Å². The normalized spacial score (nSPS) is 10.3. The maximum absolute atomic E-state index is 12.3. The fourth-order valence-corrected chi connectivity index (χ4v) is 2.82. The second kappa shape index (κ2) is 8.29. The number of aryl methyl sites for hydroxylation is 1. The van der Waals surface area contributed by atoms with Gasteiger partial charge in [-0.05, 0) is 67.6 Å². The molecule has 1 amide bonds. The first-order valence-corrected chi connectivity index (χ1v) is 9.19. The summed E-state index contributed by atoms with van der Waals surface area (Å²) in [5, 5.41) is 11.7. The van der Waals surface area contributed by atoms with Gasteiger partial charge in [0.15, 0.2) is 0 Å². The number of carbonyl (C=O) groups is 1. The fraction of sp³-hybridized carbons (Fsp3) is 0.0435. The maximum Gasteiger partial charge on any atom is 0.255 e. The van der Waals surface area contributed by atoms with Gasteiger partial charge in [-0.3, -0.25) is 4.79 Å². The minimum Gasteiger partial charge on any atom is -0.439 e. The molecule has 2 aromatic heterocycles. The predicted octanol–water partition coefficient (Wildman–Crippen LogP) is 4.49. The number of hydrogen-bond acceptors (Lipinski definition) is 5. The molecular formula is C23H17N5O2. The standard InChI is InChI=1S/C23H17N5O2/c1-16-25-21(28-12-2-3-13-28)14-22(26-16)30-20-10-8-19(9-11-20)27-23(29)18-6-4-17(15-24)5-7-18/h2-14H,1H3,(H,27,29). The molecule has 0 aliphatic heterocycles. The quantitative estimate of drug-likeness (QED) is 0.537. The summed E-state index contributed by atoms with van der Waals surface area (Å²) in [5.74, 6) is 2.08. The molecule has 0 spiro atoms. The number of nitriles is 1. The third kappa shape index (κ3) is 4.34. The number of rotatable bonds is 5. The van der Waals surface area contributed by atoms with Crippen LogP contribution in [-0.2, 0) is 0 Å². The Morgan fingerprint density at radius 1 is 1.03 bits per heavy atom.